The maximum absolute atomic E-state index is 12.4. The molecule has 0 aliphatic carbocycles. The molecule has 1 unspecified atom stereocenters. The Morgan fingerprint density at radius 1 is 1.43 bits per heavy atom. The standard InChI is InChI=1S/C16H24N2O3/c1-2-3-9-18(10-11-19)16(20)17-14-8-12-21-15-7-5-4-6-13(14)15/h4-7,14,19H,2-3,8-12H2,1H3,(H,17,20). The number of aliphatic hydroxyl groups is 1. The van der Waals surface area contributed by atoms with Crippen molar-refractivity contribution in [2.45, 2.75) is 32.2 Å². The Hall–Kier alpha value is -1.75. The minimum atomic E-state index is -0.112. The quantitative estimate of drug-likeness (QED) is 0.846. The molecule has 1 aromatic carbocycles. The second kappa shape index (κ2) is 7.88. The van der Waals surface area contributed by atoms with Crippen molar-refractivity contribution in [2.75, 3.05) is 26.3 Å². The third kappa shape index (κ3) is 4.11. The Labute approximate surface area is 125 Å². The zero-order valence-electron chi connectivity index (χ0n) is 12.5. The van der Waals surface area contributed by atoms with Gasteiger partial charge < -0.3 is 20.1 Å². The molecule has 0 spiro atoms. The van der Waals surface area contributed by atoms with E-state index >= 15 is 0 Å². The fraction of sp³-hybridized carbons (Fsp3) is 0.562. The van der Waals surface area contributed by atoms with E-state index in [0.29, 0.717) is 19.7 Å². The van der Waals surface area contributed by atoms with Gasteiger partial charge in [-0.2, -0.15) is 0 Å². The lowest BCUT2D eigenvalue weighted by atomic mass is 10.0. The Morgan fingerprint density at radius 3 is 3.00 bits per heavy atom. The van der Waals surface area contributed by atoms with Gasteiger partial charge in [0, 0.05) is 25.1 Å². The molecule has 5 heteroatoms. The van der Waals surface area contributed by atoms with Crippen LogP contribution in [0.1, 0.15) is 37.8 Å². The predicted molar refractivity (Wildman–Crippen MR) is 81.4 cm³/mol. The molecule has 1 aliphatic heterocycles. The van der Waals surface area contributed by atoms with E-state index in [4.69, 9.17) is 9.84 Å². The van der Waals surface area contributed by atoms with Gasteiger partial charge in [-0.1, -0.05) is 31.5 Å². The second-order valence-corrected chi connectivity index (χ2v) is 5.24. The minimum absolute atomic E-state index is 0.0124. The molecular formula is C16H24N2O3. The van der Waals surface area contributed by atoms with Crippen molar-refractivity contribution in [1.82, 2.24) is 10.2 Å². The Balaban J connectivity index is 2.01. The third-order valence-corrected chi connectivity index (χ3v) is 3.69. The van der Waals surface area contributed by atoms with Gasteiger partial charge in [0.1, 0.15) is 5.75 Å². The van der Waals surface area contributed by atoms with E-state index in [-0.39, 0.29) is 18.7 Å². The molecule has 1 atom stereocenters. The molecule has 116 valence electrons. The van der Waals surface area contributed by atoms with Crippen molar-refractivity contribution in [3.63, 3.8) is 0 Å². The van der Waals surface area contributed by atoms with Crippen LogP contribution in [0, 0.1) is 0 Å². The predicted octanol–water partition coefficient (Wildman–Crippen LogP) is 2.31. The van der Waals surface area contributed by atoms with Crippen molar-refractivity contribution in [3.05, 3.63) is 29.8 Å². The summed E-state index contributed by atoms with van der Waals surface area (Å²) < 4.78 is 5.60. The van der Waals surface area contributed by atoms with Crippen LogP contribution >= 0.6 is 0 Å². The number of rotatable bonds is 6. The van der Waals surface area contributed by atoms with Crippen molar-refractivity contribution >= 4 is 6.03 Å². The van der Waals surface area contributed by atoms with Gasteiger partial charge in [-0.15, -0.1) is 0 Å². The molecule has 5 nitrogen and oxygen atoms in total. The molecule has 1 heterocycles. The number of unbranched alkanes of at least 4 members (excludes halogenated alkanes) is 1. The number of carbonyl (C=O) groups excluding carboxylic acids is 1. The summed E-state index contributed by atoms with van der Waals surface area (Å²) in [6, 6.07) is 7.67. The van der Waals surface area contributed by atoms with Crippen molar-refractivity contribution in [3.8, 4) is 5.75 Å². The minimum Gasteiger partial charge on any atom is -0.493 e. The van der Waals surface area contributed by atoms with Crippen LogP contribution in [0.4, 0.5) is 4.79 Å². The normalized spacial score (nSPS) is 16.8. The summed E-state index contributed by atoms with van der Waals surface area (Å²) in [6.07, 6.45) is 2.73. The summed E-state index contributed by atoms with van der Waals surface area (Å²) >= 11 is 0. The zero-order valence-corrected chi connectivity index (χ0v) is 12.5. The molecule has 1 aromatic rings. The molecule has 0 radical (unpaired) electrons. The van der Waals surface area contributed by atoms with Crippen LogP contribution in [-0.4, -0.2) is 42.3 Å². The maximum atomic E-state index is 12.4. The van der Waals surface area contributed by atoms with Crippen LogP contribution < -0.4 is 10.1 Å². The Bertz CT molecular complexity index is 465. The number of fused-ring (bicyclic) bond motifs is 1. The molecule has 2 amide bonds. The first-order chi connectivity index (χ1) is 10.3. The van der Waals surface area contributed by atoms with Crippen LogP contribution in [0.25, 0.3) is 0 Å². The van der Waals surface area contributed by atoms with Crippen LogP contribution in [0.5, 0.6) is 5.75 Å². The SMILES string of the molecule is CCCCN(CCO)C(=O)NC1CCOc2ccccc21. The number of hydrogen-bond acceptors (Lipinski definition) is 3. The van der Waals surface area contributed by atoms with E-state index in [1.54, 1.807) is 4.90 Å². The van der Waals surface area contributed by atoms with Gasteiger partial charge in [-0.05, 0) is 12.5 Å². The van der Waals surface area contributed by atoms with Crippen LogP contribution in [0.3, 0.4) is 0 Å². The first-order valence-electron chi connectivity index (χ1n) is 7.64. The molecule has 0 saturated carbocycles. The fourth-order valence-electron chi connectivity index (χ4n) is 2.52. The molecule has 0 fully saturated rings. The molecule has 2 N–H and O–H groups in total. The van der Waals surface area contributed by atoms with Crippen molar-refractivity contribution in [2.24, 2.45) is 0 Å². The average molecular weight is 292 g/mol. The fourth-order valence-corrected chi connectivity index (χ4v) is 2.52. The monoisotopic (exact) mass is 292 g/mol. The lowest BCUT2D eigenvalue weighted by Gasteiger charge is -2.29. The number of nitrogens with one attached hydrogen (secondary N) is 1. The largest absolute Gasteiger partial charge is 0.493 e. The van der Waals surface area contributed by atoms with Gasteiger partial charge in [-0.25, -0.2) is 4.79 Å². The van der Waals surface area contributed by atoms with Crippen LogP contribution in [-0.2, 0) is 0 Å². The summed E-state index contributed by atoms with van der Waals surface area (Å²) in [4.78, 5) is 14.1. The summed E-state index contributed by atoms with van der Waals surface area (Å²) in [7, 11) is 0. The summed E-state index contributed by atoms with van der Waals surface area (Å²) in [5, 5.41) is 12.2. The lowest BCUT2D eigenvalue weighted by Crippen LogP contribution is -2.44. The molecule has 0 aromatic heterocycles. The summed E-state index contributed by atoms with van der Waals surface area (Å²) in [6.45, 7) is 3.73. The number of aliphatic hydroxyl groups excluding tert-OH is 1. The van der Waals surface area contributed by atoms with E-state index in [0.717, 1.165) is 30.6 Å². The molecule has 0 saturated heterocycles. The first-order valence-corrected chi connectivity index (χ1v) is 7.64. The van der Waals surface area contributed by atoms with Crippen molar-refractivity contribution < 1.29 is 14.6 Å². The number of urea groups is 1. The molecule has 2 rings (SSSR count). The molecule has 21 heavy (non-hydrogen) atoms. The van der Waals surface area contributed by atoms with Gasteiger partial charge in [0.2, 0.25) is 0 Å². The topological polar surface area (TPSA) is 61.8 Å². The van der Waals surface area contributed by atoms with Crippen molar-refractivity contribution in [1.29, 1.82) is 0 Å². The number of nitrogens with zero attached hydrogens (tertiary/aromatic N) is 1. The highest BCUT2D eigenvalue weighted by Gasteiger charge is 2.24. The number of carbonyl (C=O) groups is 1. The second-order valence-electron chi connectivity index (χ2n) is 5.24. The number of hydrogen-bond donors (Lipinski definition) is 2. The van der Waals surface area contributed by atoms with Gasteiger partial charge in [0.25, 0.3) is 0 Å². The first kappa shape index (κ1) is 15.6. The van der Waals surface area contributed by atoms with E-state index in [9.17, 15) is 4.79 Å². The average Bonchev–Trinajstić information content (AvgIpc) is 2.51. The Morgan fingerprint density at radius 2 is 2.24 bits per heavy atom. The van der Waals surface area contributed by atoms with Gasteiger partial charge in [0.05, 0.1) is 19.3 Å². The Kier molecular flexibility index (Phi) is 5.87. The molecular weight excluding hydrogens is 268 g/mol. The molecule has 1 aliphatic rings. The summed E-state index contributed by atoms with van der Waals surface area (Å²) in [5.41, 5.74) is 1.02. The third-order valence-electron chi connectivity index (χ3n) is 3.69. The highest BCUT2D eigenvalue weighted by molar-refractivity contribution is 5.75. The van der Waals surface area contributed by atoms with E-state index in [1.165, 1.54) is 0 Å². The maximum Gasteiger partial charge on any atom is 0.317 e. The van der Waals surface area contributed by atoms with E-state index in [1.807, 2.05) is 24.3 Å². The van der Waals surface area contributed by atoms with Gasteiger partial charge in [0.15, 0.2) is 0 Å². The number of amides is 2. The van der Waals surface area contributed by atoms with Gasteiger partial charge >= 0.3 is 6.03 Å². The summed E-state index contributed by atoms with van der Waals surface area (Å²) in [5.74, 6) is 0.844. The number of benzene rings is 1. The van der Waals surface area contributed by atoms with Crippen LogP contribution in [0.15, 0.2) is 24.3 Å². The highest BCUT2D eigenvalue weighted by atomic mass is 16.5. The smallest absolute Gasteiger partial charge is 0.317 e. The van der Waals surface area contributed by atoms with Crippen LogP contribution in [0.2, 0.25) is 0 Å². The number of ether oxygens (including phenoxy) is 1. The zero-order chi connectivity index (χ0) is 15.1. The lowest BCUT2D eigenvalue weighted by molar-refractivity contribution is 0.168. The van der Waals surface area contributed by atoms with E-state index in [2.05, 4.69) is 12.2 Å². The molecule has 0 bridgehead atoms. The van der Waals surface area contributed by atoms with E-state index < -0.39 is 0 Å². The van der Waals surface area contributed by atoms with Gasteiger partial charge in [-0.3, -0.25) is 0 Å². The number of para-hydroxylation sites is 1. The highest BCUT2D eigenvalue weighted by Crippen LogP contribution is 2.31.